The minimum absolute atomic E-state index is 0.00709. The third kappa shape index (κ3) is 3.09. The molecule has 1 rings (SSSR count). The van der Waals surface area contributed by atoms with Crippen LogP contribution in [0.15, 0.2) is 12.4 Å². The molecule has 0 aromatic carbocycles. The van der Waals surface area contributed by atoms with E-state index in [9.17, 15) is 4.79 Å². The Morgan fingerprint density at radius 3 is 2.56 bits per heavy atom. The molecule has 0 aliphatic rings. The summed E-state index contributed by atoms with van der Waals surface area (Å²) in [4.78, 5) is 21.0. The molecule has 0 atom stereocenters. The second kappa shape index (κ2) is 5.20. The summed E-state index contributed by atoms with van der Waals surface area (Å²) in [7, 11) is 1.66. The van der Waals surface area contributed by atoms with E-state index in [-0.39, 0.29) is 6.10 Å². The first-order valence-electron chi connectivity index (χ1n) is 5.71. The number of carboxylic acid groups (broad SMARTS) is 1. The maximum absolute atomic E-state index is 11.2. The highest BCUT2D eigenvalue weighted by Gasteiger charge is 2.33. The van der Waals surface area contributed by atoms with Gasteiger partial charge in [-0.1, -0.05) is 0 Å². The van der Waals surface area contributed by atoms with E-state index in [1.165, 1.54) is 12.4 Å². The third-order valence-electron chi connectivity index (χ3n) is 2.66. The summed E-state index contributed by atoms with van der Waals surface area (Å²) in [6, 6.07) is 0. The van der Waals surface area contributed by atoms with Crippen molar-refractivity contribution in [2.45, 2.75) is 39.3 Å². The van der Waals surface area contributed by atoms with Gasteiger partial charge in [0, 0.05) is 7.05 Å². The van der Waals surface area contributed by atoms with Crippen molar-refractivity contribution >= 4 is 11.8 Å². The van der Waals surface area contributed by atoms with Gasteiger partial charge in [-0.05, 0) is 27.7 Å². The van der Waals surface area contributed by atoms with E-state index in [4.69, 9.17) is 9.84 Å². The quantitative estimate of drug-likeness (QED) is 0.858. The summed E-state index contributed by atoms with van der Waals surface area (Å²) >= 11 is 0. The van der Waals surface area contributed by atoms with Crippen molar-refractivity contribution in [3.05, 3.63) is 12.4 Å². The van der Waals surface area contributed by atoms with Crippen molar-refractivity contribution < 1.29 is 14.6 Å². The molecule has 0 aliphatic carbocycles. The van der Waals surface area contributed by atoms with Crippen molar-refractivity contribution in [1.29, 1.82) is 0 Å². The van der Waals surface area contributed by atoms with Crippen LogP contribution < -0.4 is 9.64 Å². The largest absolute Gasteiger partial charge is 0.480 e. The fourth-order valence-electron chi connectivity index (χ4n) is 1.23. The Kier molecular flexibility index (Phi) is 4.11. The van der Waals surface area contributed by atoms with Crippen LogP contribution in [0.2, 0.25) is 0 Å². The van der Waals surface area contributed by atoms with Gasteiger partial charge < -0.3 is 14.7 Å². The molecule has 18 heavy (non-hydrogen) atoms. The van der Waals surface area contributed by atoms with E-state index < -0.39 is 11.5 Å². The molecular weight excluding hydrogens is 234 g/mol. The van der Waals surface area contributed by atoms with Gasteiger partial charge >= 0.3 is 5.97 Å². The van der Waals surface area contributed by atoms with Gasteiger partial charge in [0.2, 0.25) is 5.88 Å². The summed E-state index contributed by atoms with van der Waals surface area (Å²) < 4.78 is 5.43. The van der Waals surface area contributed by atoms with E-state index >= 15 is 0 Å². The van der Waals surface area contributed by atoms with E-state index in [0.717, 1.165) is 0 Å². The number of aliphatic carboxylic acids is 1. The van der Waals surface area contributed by atoms with Crippen molar-refractivity contribution in [3.63, 3.8) is 0 Å². The van der Waals surface area contributed by atoms with Crippen LogP contribution in [-0.4, -0.2) is 39.7 Å². The van der Waals surface area contributed by atoms with Crippen LogP contribution in [0.5, 0.6) is 5.88 Å². The lowest BCUT2D eigenvalue weighted by Crippen LogP contribution is -2.48. The average Bonchev–Trinajstić information content (AvgIpc) is 2.27. The Balaban J connectivity index is 2.99. The van der Waals surface area contributed by atoms with E-state index in [1.54, 1.807) is 25.8 Å². The molecule has 0 unspecified atom stereocenters. The first-order chi connectivity index (χ1) is 8.25. The second-order valence-corrected chi connectivity index (χ2v) is 4.81. The van der Waals surface area contributed by atoms with Gasteiger partial charge in [0.15, 0.2) is 5.82 Å². The van der Waals surface area contributed by atoms with Crippen LogP contribution in [0.25, 0.3) is 0 Å². The molecule has 0 spiro atoms. The van der Waals surface area contributed by atoms with Crippen LogP contribution >= 0.6 is 0 Å². The van der Waals surface area contributed by atoms with Crippen LogP contribution in [0.3, 0.4) is 0 Å². The van der Waals surface area contributed by atoms with Gasteiger partial charge in [0.05, 0.1) is 18.5 Å². The fourth-order valence-corrected chi connectivity index (χ4v) is 1.23. The molecule has 0 bridgehead atoms. The molecule has 1 aromatic heterocycles. The average molecular weight is 253 g/mol. The van der Waals surface area contributed by atoms with Crippen molar-refractivity contribution in [3.8, 4) is 5.88 Å². The Hall–Kier alpha value is -1.85. The highest BCUT2D eigenvalue weighted by atomic mass is 16.5. The van der Waals surface area contributed by atoms with Gasteiger partial charge in [-0.2, -0.15) is 4.98 Å². The minimum Gasteiger partial charge on any atom is -0.480 e. The molecule has 0 fully saturated rings. The van der Waals surface area contributed by atoms with E-state index in [0.29, 0.717) is 11.7 Å². The summed E-state index contributed by atoms with van der Waals surface area (Å²) in [5.74, 6) is -0.0851. The molecule has 1 N–H and O–H groups in total. The first-order valence-corrected chi connectivity index (χ1v) is 5.71. The molecule has 0 aliphatic heterocycles. The Morgan fingerprint density at radius 2 is 2.06 bits per heavy atom. The maximum atomic E-state index is 11.2. The molecular formula is C12H19N3O3. The zero-order valence-electron chi connectivity index (χ0n) is 11.3. The topological polar surface area (TPSA) is 75.5 Å². The number of likely N-dealkylation sites (N-methyl/N-ethyl adjacent to an activating group) is 1. The van der Waals surface area contributed by atoms with E-state index in [1.807, 2.05) is 13.8 Å². The second-order valence-electron chi connectivity index (χ2n) is 4.81. The van der Waals surface area contributed by atoms with Gasteiger partial charge in [-0.25, -0.2) is 4.79 Å². The van der Waals surface area contributed by atoms with Crippen molar-refractivity contribution in [2.75, 3.05) is 11.9 Å². The number of anilines is 1. The molecule has 0 radical (unpaired) electrons. The highest BCUT2D eigenvalue weighted by Crippen LogP contribution is 2.21. The molecule has 1 aromatic rings. The number of carboxylic acids is 1. The van der Waals surface area contributed by atoms with Crippen LogP contribution in [-0.2, 0) is 4.79 Å². The summed E-state index contributed by atoms with van der Waals surface area (Å²) in [5.41, 5.74) is -1.06. The maximum Gasteiger partial charge on any atom is 0.328 e. The van der Waals surface area contributed by atoms with Gasteiger partial charge in [0.1, 0.15) is 5.54 Å². The van der Waals surface area contributed by atoms with E-state index in [2.05, 4.69) is 9.97 Å². The highest BCUT2D eigenvalue weighted by molar-refractivity contribution is 5.81. The van der Waals surface area contributed by atoms with Gasteiger partial charge in [0.25, 0.3) is 0 Å². The molecule has 6 heteroatoms. The predicted molar refractivity (Wildman–Crippen MR) is 67.9 cm³/mol. The van der Waals surface area contributed by atoms with Gasteiger partial charge in [-0.3, -0.25) is 4.98 Å². The fraction of sp³-hybridized carbons (Fsp3) is 0.583. The zero-order valence-corrected chi connectivity index (χ0v) is 11.3. The lowest BCUT2D eigenvalue weighted by atomic mass is 10.0. The molecule has 100 valence electrons. The molecule has 0 saturated heterocycles. The number of hydrogen-bond acceptors (Lipinski definition) is 5. The van der Waals surface area contributed by atoms with Crippen molar-refractivity contribution in [2.24, 2.45) is 0 Å². The lowest BCUT2D eigenvalue weighted by molar-refractivity contribution is -0.142. The Labute approximate surface area is 107 Å². The van der Waals surface area contributed by atoms with Crippen LogP contribution in [0, 0.1) is 0 Å². The van der Waals surface area contributed by atoms with Crippen LogP contribution in [0.4, 0.5) is 5.82 Å². The predicted octanol–water partition coefficient (Wildman–Crippen LogP) is 1.56. The van der Waals surface area contributed by atoms with Crippen molar-refractivity contribution in [1.82, 2.24) is 9.97 Å². The molecule has 6 nitrogen and oxygen atoms in total. The molecule has 0 saturated carbocycles. The standard InChI is InChI=1S/C12H19N3O3/c1-8(2)18-10-7-13-6-9(14-10)15(5)12(3,4)11(16)17/h6-8H,1-5H3,(H,16,17). The normalized spacial score (nSPS) is 11.4. The lowest BCUT2D eigenvalue weighted by Gasteiger charge is -2.32. The third-order valence-corrected chi connectivity index (χ3v) is 2.66. The molecule has 0 amide bonds. The zero-order chi connectivity index (χ0) is 13.9. The monoisotopic (exact) mass is 253 g/mol. The minimum atomic E-state index is -1.06. The smallest absolute Gasteiger partial charge is 0.328 e. The summed E-state index contributed by atoms with van der Waals surface area (Å²) in [6.07, 6.45) is 3.01. The number of aromatic nitrogens is 2. The Morgan fingerprint density at radius 1 is 1.44 bits per heavy atom. The number of hydrogen-bond donors (Lipinski definition) is 1. The number of ether oxygens (including phenoxy) is 1. The first kappa shape index (κ1) is 14.2. The number of nitrogens with zero attached hydrogens (tertiary/aromatic N) is 3. The SMILES string of the molecule is CC(C)Oc1cncc(N(C)C(C)(C)C(=O)O)n1. The summed E-state index contributed by atoms with van der Waals surface area (Å²) in [5, 5.41) is 9.17. The summed E-state index contributed by atoms with van der Waals surface area (Å²) in [6.45, 7) is 6.98. The Bertz CT molecular complexity index is 432. The number of carbonyl (C=O) groups is 1. The van der Waals surface area contributed by atoms with Gasteiger partial charge in [-0.15, -0.1) is 0 Å². The number of rotatable bonds is 5. The molecule has 1 heterocycles. The van der Waals surface area contributed by atoms with Crippen LogP contribution in [0.1, 0.15) is 27.7 Å².